The van der Waals surface area contributed by atoms with E-state index in [9.17, 15) is 4.79 Å². The fourth-order valence-electron chi connectivity index (χ4n) is 3.15. The lowest BCUT2D eigenvalue weighted by molar-refractivity contribution is 0.0947. The van der Waals surface area contributed by atoms with Gasteiger partial charge in [0.15, 0.2) is 0 Å². The molecule has 1 N–H and O–H groups in total. The highest BCUT2D eigenvalue weighted by atomic mass is 32.2. The highest BCUT2D eigenvalue weighted by Gasteiger charge is 2.16. The zero-order valence-corrected chi connectivity index (χ0v) is 18.1. The van der Waals surface area contributed by atoms with E-state index in [0.29, 0.717) is 17.9 Å². The Kier molecular flexibility index (Phi) is 6.59. The van der Waals surface area contributed by atoms with Gasteiger partial charge in [0.25, 0.3) is 5.91 Å². The first kappa shape index (κ1) is 20.9. The number of hydrogen-bond acceptors (Lipinski definition) is 6. The molecule has 0 aliphatic carbocycles. The SMILES string of the molecule is COc1c(C)cnc(CNC(=O)c2ccccc2SCc2c(C)noc2C)c1C. The average molecular weight is 412 g/mol. The minimum absolute atomic E-state index is 0.132. The van der Waals surface area contributed by atoms with Gasteiger partial charge in [0.05, 0.1) is 30.6 Å². The molecule has 0 atom stereocenters. The van der Waals surface area contributed by atoms with Gasteiger partial charge in [-0.2, -0.15) is 0 Å². The summed E-state index contributed by atoms with van der Waals surface area (Å²) in [6.07, 6.45) is 1.76. The fourth-order valence-corrected chi connectivity index (χ4v) is 4.35. The van der Waals surface area contributed by atoms with Crippen LogP contribution in [0.1, 0.15) is 44.2 Å². The predicted molar refractivity (Wildman–Crippen MR) is 113 cm³/mol. The van der Waals surface area contributed by atoms with Crippen LogP contribution < -0.4 is 10.1 Å². The number of carbonyl (C=O) groups excluding carboxylic acids is 1. The zero-order valence-electron chi connectivity index (χ0n) is 17.3. The number of ether oxygens (including phenoxy) is 1. The summed E-state index contributed by atoms with van der Waals surface area (Å²) in [5.74, 6) is 2.18. The Labute approximate surface area is 175 Å². The third kappa shape index (κ3) is 4.62. The second kappa shape index (κ2) is 9.13. The van der Waals surface area contributed by atoms with Crippen LogP contribution in [0.15, 0.2) is 39.9 Å². The lowest BCUT2D eigenvalue weighted by Gasteiger charge is -2.14. The number of aryl methyl sites for hydroxylation is 3. The molecule has 0 saturated heterocycles. The fraction of sp³-hybridized carbons (Fsp3) is 0.318. The Bertz CT molecular complexity index is 1010. The summed E-state index contributed by atoms with van der Waals surface area (Å²) >= 11 is 1.60. The number of carbonyl (C=O) groups is 1. The first-order chi connectivity index (χ1) is 13.9. The minimum Gasteiger partial charge on any atom is -0.496 e. The van der Waals surface area contributed by atoms with Crippen molar-refractivity contribution in [3.8, 4) is 5.75 Å². The van der Waals surface area contributed by atoms with E-state index in [1.807, 2.05) is 52.0 Å². The van der Waals surface area contributed by atoms with Crippen molar-refractivity contribution in [3.05, 3.63) is 69.9 Å². The van der Waals surface area contributed by atoms with Gasteiger partial charge in [-0.3, -0.25) is 9.78 Å². The maximum atomic E-state index is 12.9. The van der Waals surface area contributed by atoms with Crippen LogP contribution in [0.3, 0.4) is 0 Å². The smallest absolute Gasteiger partial charge is 0.252 e. The highest BCUT2D eigenvalue weighted by molar-refractivity contribution is 7.98. The van der Waals surface area contributed by atoms with Crippen molar-refractivity contribution < 1.29 is 14.1 Å². The summed E-state index contributed by atoms with van der Waals surface area (Å²) in [7, 11) is 1.64. The quantitative estimate of drug-likeness (QED) is 0.576. The van der Waals surface area contributed by atoms with Crippen molar-refractivity contribution in [1.82, 2.24) is 15.5 Å². The molecule has 0 aliphatic rings. The molecule has 0 spiro atoms. The van der Waals surface area contributed by atoms with Crippen LogP contribution in [0.2, 0.25) is 0 Å². The van der Waals surface area contributed by atoms with Crippen LogP contribution in [0.25, 0.3) is 0 Å². The number of amides is 1. The number of thioether (sulfide) groups is 1. The molecule has 29 heavy (non-hydrogen) atoms. The third-order valence-electron chi connectivity index (χ3n) is 4.85. The van der Waals surface area contributed by atoms with Gasteiger partial charge < -0.3 is 14.6 Å². The van der Waals surface area contributed by atoms with Gasteiger partial charge in [-0.05, 0) is 39.8 Å². The maximum absolute atomic E-state index is 12.9. The summed E-state index contributed by atoms with van der Waals surface area (Å²) in [6.45, 7) is 8.07. The van der Waals surface area contributed by atoms with Crippen LogP contribution in [0.4, 0.5) is 0 Å². The van der Waals surface area contributed by atoms with Crippen LogP contribution in [0.5, 0.6) is 5.75 Å². The zero-order chi connectivity index (χ0) is 21.0. The summed E-state index contributed by atoms with van der Waals surface area (Å²) in [4.78, 5) is 18.2. The number of hydrogen-bond donors (Lipinski definition) is 1. The van der Waals surface area contributed by atoms with Gasteiger partial charge in [0, 0.05) is 33.5 Å². The predicted octanol–water partition coefficient (Wildman–Crippen LogP) is 4.53. The number of nitrogens with one attached hydrogen (secondary N) is 1. The van der Waals surface area contributed by atoms with Crippen molar-refractivity contribution in [3.63, 3.8) is 0 Å². The van der Waals surface area contributed by atoms with Gasteiger partial charge in [-0.1, -0.05) is 17.3 Å². The Hall–Kier alpha value is -2.80. The Morgan fingerprint density at radius 3 is 2.66 bits per heavy atom. The minimum atomic E-state index is -0.132. The van der Waals surface area contributed by atoms with E-state index in [1.165, 1.54) is 0 Å². The monoisotopic (exact) mass is 411 g/mol. The van der Waals surface area contributed by atoms with Crippen molar-refractivity contribution >= 4 is 17.7 Å². The molecule has 3 rings (SSSR count). The Morgan fingerprint density at radius 2 is 1.97 bits per heavy atom. The van der Waals surface area contributed by atoms with Gasteiger partial charge in [0.2, 0.25) is 0 Å². The number of rotatable bonds is 7. The van der Waals surface area contributed by atoms with Crippen molar-refractivity contribution in [2.24, 2.45) is 0 Å². The molecular formula is C22H25N3O3S. The summed E-state index contributed by atoms with van der Waals surface area (Å²) in [6, 6.07) is 7.59. The summed E-state index contributed by atoms with van der Waals surface area (Å²) in [5.41, 5.74) is 5.29. The van der Waals surface area contributed by atoms with Crippen molar-refractivity contribution in [2.45, 2.75) is 44.9 Å². The molecular weight excluding hydrogens is 386 g/mol. The third-order valence-corrected chi connectivity index (χ3v) is 5.95. The van der Waals surface area contributed by atoms with E-state index in [1.54, 1.807) is 25.1 Å². The van der Waals surface area contributed by atoms with E-state index in [4.69, 9.17) is 9.26 Å². The van der Waals surface area contributed by atoms with Crippen molar-refractivity contribution in [2.75, 3.05) is 7.11 Å². The second-order valence-corrected chi connectivity index (χ2v) is 7.83. The first-order valence-electron chi connectivity index (χ1n) is 9.33. The summed E-state index contributed by atoms with van der Waals surface area (Å²) < 4.78 is 10.7. The maximum Gasteiger partial charge on any atom is 0.252 e. The average Bonchev–Trinajstić information content (AvgIpc) is 3.03. The number of methoxy groups -OCH3 is 1. The summed E-state index contributed by atoms with van der Waals surface area (Å²) in [5, 5.41) is 6.97. The molecule has 0 saturated carbocycles. The van der Waals surface area contributed by atoms with E-state index in [0.717, 1.165) is 44.5 Å². The first-order valence-corrected chi connectivity index (χ1v) is 10.3. The van der Waals surface area contributed by atoms with Crippen LogP contribution in [-0.4, -0.2) is 23.2 Å². The molecule has 0 unspecified atom stereocenters. The molecule has 2 aromatic heterocycles. The van der Waals surface area contributed by atoms with E-state index < -0.39 is 0 Å². The molecule has 1 amide bonds. The van der Waals surface area contributed by atoms with E-state index in [-0.39, 0.29) is 5.91 Å². The van der Waals surface area contributed by atoms with Crippen LogP contribution in [0, 0.1) is 27.7 Å². The van der Waals surface area contributed by atoms with Gasteiger partial charge in [-0.25, -0.2) is 0 Å². The molecule has 0 radical (unpaired) electrons. The molecule has 2 heterocycles. The largest absolute Gasteiger partial charge is 0.496 e. The lowest BCUT2D eigenvalue weighted by Crippen LogP contribution is -2.24. The molecule has 6 nitrogen and oxygen atoms in total. The molecule has 7 heteroatoms. The van der Waals surface area contributed by atoms with Crippen molar-refractivity contribution in [1.29, 1.82) is 0 Å². The normalized spacial score (nSPS) is 10.8. The number of nitrogens with zero attached hydrogens (tertiary/aromatic N) is 2. The van der Waals surface area contributed by atoms with E-state index in [2.05, 4.69) is 15.5 Å². The number of pyridine rings is 1. The topological polar surface area (TPSA) is 77.2 Å². The number of benzene rings is 1. The highest BCUT2D eigenvalue weighted by Crippen LogP contribution is 2.29. The van der Waals surface area contributed by atoms with Gasteiger partial charge in [-0.15, -0.1) is 11.8 Å². The van der Waals surface area contributed by atoms with Crippen LogP contribution in [-0.2, 0) is 12.3 Å². The number of aromatic nitrogens is 2. The van der Waals surface area contributed by atoms with Gasteiger partial charge >= 0.3 is 0 Å². The van der Waals surface area contributed by atoms with E-state index >= 15 is 0 Å². The molecule has 3 aromatic rings. The molecule has 152 valence electrons. The second-order valence-electron chi connectivity index (χ2n) is 6.82. The molecule has 0 bridgehead atoms. The van der Waals surface area contributed by atoms with Gasteiger partial charge in [0.1, 0.15) is 11.5 Å². The van der Waals surface area contributed by atoms with Crippen LogP contribution >= 0.6 is 11.8 Å². The molecule has 0 aliphatic heterocycles. The lowest BCUT2D eigenvalue weighted by atomic mass is 10.1. The Morgan fingerprint density at radius 1 is 1.21 bits per heavy atom. The molecule has 1 aromatic carbocycles. The molecule has 0 fully saturated rings. The Balaban J connectivity index is 1.72. The standard InChI is InChI=1S/C22H25N3O3S/c1-13-10-23-19(14(2)21(13)27-5)11-24-22(26)17-8-6-7-9-20(17)29-12-18-15(3)25-28-16(18)4/h6-10H,11-12H2,1-5H3,(H,24,26).